The largest absolute Gasteiger partial charge is 0.493 e. The van der Waals surface area contributed by atoms with Crippen LogP contribution in [0.15, 0.2) is 16.6 Å². The zero-order valence-corrected chi connectivity index (χ0v) is 13.0. The van der Waals surface area contributed by atoms with Gasteiger partial charge < -0.3 is 4.74 Å². The van der Waals surface area contributed by atoms with Crippen molar-refractivity contribution in [1.82, 2.24) is 4.90 Å². The number of hydrogen-bond donors (Lipinski definition) is 0. The van der Waals surface area contributed by atoms with E-state index in [1.54, 1.807) is 0 Å². The summed E-state index contributed by atoms with van der Waals surface area (Å²) in [4.78, 5) is 2.29. The first kappa shape index (κ1) is 14.4. The van der Waals surface area contributed by atoms with E-state index in [-0.39, 0.29) is 5.92 Å². The molecule has 0 saturated heterocycles. The summed E-state index contributed by atoms with van der Waals surface area (Å²) in [7, 11) is 0. The summed E-state index contributed by atoms with van der Waals surface area (Å²) in [5.74, 6) is 1.10. The molecule has 1 atom stereocenters. The summed E-state index contributed by atoms with van der Waals surface area (Å²) < 4.78 is 6.86. The van der Waals surface area contributed by atoms with E-state index in [1.165, 1.54) is 11.1 Å². The van der Waals surface area contributed by atoms with E-state index in [2.05, 4.69) is 46.0 Å². The van der Waals surface area contributed by atoms with Crippen LogP contribution in [-0.2, 0) is 13.0 Å². The average molecular weight is 323 g/mol. The van der Waals surface area contributed by atoms with Crippen molar-refractivity contribution >= 4 is 15.9 Å². The number of benzene rings is 1. The lowest BCUT2D eigenvalue weighted by molar-refractivity contribution is 0.255. The molecule has 3 nitrogen and oxygen atoms in total. The SMILES string of the molecule is CCN(Cc1cc(Br)cc2c1OCC2)CC(C)C#N. The van der Waals surface area contributed by atoms with Crippen LogP contribution in [0, 0.1) is 17.2 Å². The molecular weight excluding hydrogens is 304 g/mol. The minimum Gasteiger partial charge on any atom is -0.493 e. The molecule has 0 amide bonds. The zero-order valence-electron chi connectivity index (χ0n) is 11.4. The molecular formula is C15H19BrN2O. The van der Waals surface area contributed by atoms with Crippen LogP contribution in [0.1, 0.15) is 25.0 Å². The smallest absolute Gasteiger partial charge is 0.127 e. The van der Waals surface area contributed by atoms with Crippen molar-refractivity contribution in [2.75, 3.05) is 19.7 Å². The Bertz CT molecular complexity index is 496. The molecule has 1 aliphatic heterocycles. The maximum atomic E-state index is 8.94. The van der Waals surface area contributed by atoms with E-state index in [0.29, 0.717) is 0 Å². The van der Waals surface area contributed by atoms with E-state index < -0.39 is 0 Å². The highest BCUT2D eigenvalue weighted by molar-refractivity contribution is 9.10. The predicted molar refractivity (Wildman–Crippen MR) is 79.1 cm³/mol. The third-order valence-electron chi connectivity index (χ3n) is 3.42. The zero-order chi connectivity index (χ0) is 13.8. The lowest BCUT2D eigenvalue weighted by Crippen LogP contribution is -2.27. The summed E-state index contributed by atoms with van der Waals surface area (Å²) >= 11 is 3.57. The second-order valence-electron chi connectivity index (χ2n) is 5.01. The standard InChI is InChI=1S/C15H19BrN2O/c1-3-18(9-11(2)8-17)10-13-7-14(16)6-12-4-5-19-15(12)13/h6-7,11H,3-5,9-10H2,1-2H3. The van der Waals surface area contributed by atoms with E-state index in [9.17, 15) is 0 Å². The van der Waals surface area contributed by atoms with Gasteiger partial charge in [0, 0.05) is 29.5 Å². The van der Waals surface area contributed by atoms with Gasteiger partial charge in [-0.1, -0.05) is 22.9 Å². The molecule has 0 radical (unpaired) electrons. The highest BCUT2D eigenvalue weighted by atomic mass is 79.9. The molecule has 1 aliphatic rings. The molecule has 4 heteroatoms. The minimum absolute atomic E-state index is 0.0565. The van der Waals surface area contributed by atoms with Crippen LogP contribution in [0.2, 0.25) is 0 Å². The Morgan fingerprint density at radius 1 is 1.53 bits per heavy atom. The molecule has 1 aromatic carbocycles. The van der Waals surface area contributed by atoms with Crippen molar-refractivity contribution in [3.05, 3.63) is 27.7 Å². The molecule has 0 N–H and O–H groups in total. The number of nitriles is 1. The molecule has 0 aromatic heterocycles. The van der Waals surface area contributed by atoms with Gasteiger partial charge in [0.2, 0.25) is 0 Å². The average Bonchev–Trinajstić information content (AvgIpc) is 2.85. The van der Waals surface area contributed by atoms with Gasteiger partial charge in [0.05, 0.1) is 18.6 Å². The lowest BCUT2D eigenvalue weighted by atomic mass is 10.1. The molecule has 0 bridgehead atoms. The third kappa shape index (κ3) is 3.49. The van der Waals surface area contributed by atoms with Gasteiger partial charge in [-0.05, 0) is 31.2 Å². The molecule has 0 spiro atoms. The van der Waals surface area contributed by atoms with Crippen LogP contribution in [0.5, 0.6) is 5.75 Å². The van der Waals surface area contributed by atoms with Crippen LogP contribution in [0.4, 0.5) is 0 Å². The second kappa shape index (κ2) is 6.40. The van der Waals surface area contributed by atoms with E-state index in [0.717, 1.165) is 42.9 Å². The van der Waals surface area contributed by atoms with Crippen LogP contribution < -0.4 is 4.74 Å². The maximum Gasteiger partial charge on any atom is 0.127 e. The van der Waals surface area contributed by atoms with Crippen molar-refractivity contribution in [2.24, 2.45) is 5.92 Å². The Kier molecular flexibility index (Phi) is 4.84. The van der Waals surface area contributed by atoms with E-state index in [1.807, 2.05) is 6.92 Å². The fraction of sp³-hybridized carbons (Fsp3) is 0.533. The lowest BCUT2D eigenvalue weighted by Gasteiger charge is -2.22. The summed E-state index contributed by atoms with van der Waals surface area (Å²) in [6.45, 7) is 7.44. The number of fused-ring (bicyclic) bond motifs is 1. The number of nitrogens with zero attached hydrogens (tertiary/aromatic N) is 2. The fourth-order valence-electron chi connectivity index (χ4n) is 2.44. The highest BCUT2D eigenvalue weighted by Crippen LogP contribution is 2.33. The van der Waals surface area contributed by atoms with Crippen molar-refractivity contribution in [3.8, 4) is 11.8 Å². The minimum atomic E-state index is 0.0565. The summed E-state index contributed by atoms with van der Waals surface area (Å²) in [6.07, 6.45) is 0.989. The van der Waals surface area contributed by atoms with Gasteiger partial charge in [-0.15, -0.1) is 0 Å². The van der Waals surface area contributed by atoms with Gasteiger partial charge in [-0.25, -0.2) is 0 Å². The van der Waals surface area contributed by atoms with Gasteiger partial charge in [0.15, 0.2) is 0 Å². The fourth-order valence-corrected chi connectivity index (χ4v) is 2.99. The molecule has 102 valence electrons. The first-order chi connectivity index (χ1) is 9.13. The van der Waals surface area contributed by atoms with E-state index >= 15 is 0 Å². The normalized spacial score (nSPS) is 14.9. The third-order valence-corrected chi connectivity index (χ3v) is 3.88. The van der Waals surface area contributed by atoms with Crippen molar-refractivity contribution in [1.29, 1.82) is 5.26 Å². The van der Waals surface area contributed by atoms with E-state index in [4.69, 9.17) is 10.00 Å². The number of halogens is 1. The molecule has 2 rings (SSSR count). The predicted octanol–water partition coefficient (Wildman–Crippen LogP) is 3.37. The first-order valence-corrected chi connectivity index (χ1v) is 7.49. The monoisotopic (exact) mass is 322 g/mol. The Morgan fingerprint density at radius 3 is 3.00 bits per heavy atom. The maximum absolute atomic E-state index is 8.94. The Hall–Kier alpha value is -1.05. The summed E-state index contributed by atoms with van der Waals surface area (Å²) in [6, 6.07) is 6.56. The van der Waals surface area contributed by atoms with Crippen LogP contribution >= 0.6 is 15.9 Å². The Morgan fingerprint density at radius 2 is 2.32 bits per heavy atom. The van der Waals surface area contributed by atoms with Crippen LogP contribution in [0.25, 0.3) is 0 Å². The molecule has 1 aromatic rings. The van der Waals surface area contributed by atoms with Gasteiger partial charge in [-0.3, -0.25) is 4.90 Å². The van der Waals surface area contributed by atoms with Gasteiger partial charge >= 0.3 is 0 Å². The summed E-state index contributed by atoms with van der Waals surface area (Å²) in [5, 5.41) is 8.94. The number of hydrogen-bond acceptors (Lipinski definition) is 3. The second-order valence-corrected chi connectivity index (χ2v) is 5.93. The molecule has 1 heterocycles. The van der Waals surface area contributed by atoms with Gasteiger partial charge in [-0.2, -0.15) is 5.26 Å². The Labute approximate surface area is 123 Å². The van der Waals surface area contributed by atoms with Crippen molar-refractivity contribution in [2.45, 2.75) is 26.8 Å². The topological polar surface area (TPSA) is 36.3 Å². The number of rotatable bonds is 5. The number of ether oxygens (including phenoxy) is 1. The highest BCUT2D eigenvalue weighted by Gasteiger charge is 2.19. The first-order valence-electron chi connectivity index (χ1n) is 6.70. The molecule has 19 heavy (non-hydrogen) atoms. The van der Waals surface area contributed by atoms with Crippen molar-refractivity contribution < 1.29 is 4.74 Å². The molecule has 1 unspecified atom stereocenters. The molecule has 0 fully saturated rings. The molecule has 0 saturated carbocycles. The van der Waals surface area contributed by atoms with Crippen LogP contribution in [0.3, 0.4) is 0 Å². The van der Waals surface area contributed by atoms with Crippen LogP contribution in [-0.4, -0.2) is 24.6 Å². The van der Waals surface area contributed by atoms with Crippen molar-refractivity contribution in [3.63, 3.8) is 0 Å². The molecule has 0 aliphatic carbocycles. The summed E-state index contributed by atoms with van der Waals surface area (Å²) in [5.41, 5.74) is 2.50. The Balaban J connectivity index is 2.16. The van der Waals surface area contributed by atoms with Gasteiger partial charge in [0.1, 0.15) is 5.75 Å². The quantitative estimate of drug-likeness (QED) is 0.834. The van der Waals surface area contributed by atoms with Gasteiger partial charge in [0.25, 0.3) is 0 Å².